The molecule has 0 fully saturated rings. The van der Waals surface area contributed by atoms with E-state index in [9.17, 15) is 8.42 Å². The lowest BCUT2D eigenvalue weighted by Gasteiger charge is -2.07. The molecule has 0 atom stereocenters. The molecule has 2 aromatic carbocycles. The predicted octanol–water partition coefficient (Wildman–Crippen LogP) is 5.10. The molecule has 27 heavy (non-hydrogen) atoms. The summed E-state index contributed by atoms with van der Waals surface area (Å²) in [4.78, 5) is 0.204. The molecule has 0 saturated heterocycles. The van der Waals surface area contributed by atoms with Gasteiger partial charge in [0.25, 0.3) is 10.0 Å². The summed E-state index contributed by atoms with van der Waals surface area (Å²) in [7, 11) is -3.72. The second-order valence-corrected chi connectivity index (χ2v) is 9.06. The number of nitrogens with one attached hydrogen (secondary N) is 1. The van der Waals surface area contributed by atoms with Gasteiger partial charge in [-0.2, -0.15) is 5.10 Å². The second kappa shape index (κ2) is 8.46. The third-order valence-electron chi connectivity index (χ3n) is 4.01. The topological polar surface area (TPSA) is 64.0 Å². The molecule has 8 heteroatoms. The standard InChI is InChI=1S/C19H19BrClN3O2S/c1-2-5-14-8-10-16(11-9-14)27(25,26)23-19-17(20)13-24(22-19)12-15-6-3-4-7-18(15)21/h3-4,6-11,13H,2,5,12H2,1H3,(H,22,23). The monoisotopic (exact) mass is 467 g/mol. The van der Waals surface area contributed by atoms with E-state index in [0.29, 0.717) is 16.0 Å². The van der Waals surface area contributed by atoms with Crippen LogP contribution in [-0.2, 0) is 23.0 Å². The summed E-state index contributed by atoms with van der Waals surface area (Å²) in [6.07, 6.45) is 3.65. The van der Waals surface area contributed by atoms with Crippen molar-refractivity contribution in [2.75, 3.05) is 4.72 Å². The first kappa shape index (κ1) is 19.9. The molecule has 0 amide bonds. The van der Waals surface area contributed by atoms with E-state index >= 15 is 0 Å². The minimum Gasteiger partial charge on any atom is -0.265 e. The lowest BCUT2D eigenvalue weighted by atomic mass is 10.1. The molecule has 142 valence electrons. The maximum absolute atomic E-state index is 12.6. The fourth-order valence-electron chi connectivity index (χ4n) is 2.66. The van der Waals surface area contributed by atoms with E-state index in [1.54, 1.807) is 29.1 Å². The highest BCUT2D eigenvalue weighted by molar-refractivity contribution is 9.10. The first-order valence-electron chi connectivity index (χ1n) is 8.47. The van der Waals surface area contributed by atoms with Crippen molar-refractivity contribution in [3.8, 4) is 0 Å². The van der Waals surface area contributed by atoms with E-state index in [4.69, 9.17) is 11.6 Å². The SMILES string of the molecule is CCCc1ccc(S(=O)(=O)Nc2nn(Cc3ccccc3Cl)cc2Br)cc1. The summed E-state index contributed by atoms with van der Waals surface area (Å²) in [6.45, 7) is 2.52. The van der Waals surface area contributed by atoms with Crippen LogP contribution in [0.2, 0.25) is 5.02 Å². The van der Waals surface area contributed by atoms with Crippen molar-refractivity contribution < 1.29 is 8.42 Å². The number of nitrogens with zero attached hydrogens (tertiary/aromatic N) is 2. The molecule has 0 bridgehead atoms. The molecule has 3 aromatic rings. The van der Waals surface area contributed by atoms with Crippen molar-refractivity contribution in [1.29, 1.82) is 0 Å². The third-order valence-corrected chi connectivity index (χ3v) is 6.31. The van der Waals surface area contributed by atoms with Gasteiger partial charge >= 0.3 is 0 Å². The Bertz CT molecular complexity index is 1030. The largest absolute Gasteiger partial charge is 0.265 e. The Morgan fingerprint density at radius 1 is 1.15 bits per heavy atom. The Morgan fingerprint density at radius 2 is 1.85 bits per heavy atom. The Balaban J connectivity index is 1.78. The quantitative estimate of drug-likeness (QED) is 0.524. The average molecular weight is 469 g/mol. The molecule has 1 aromatic heterocycles. The Morgan fingerprint density at radius 3 is 2.52 bits per heavy atom. The molecule has 0 spiro atoms. The summed E-state index contributed by atoms with van der Waals surface area (Å²) < 4.78 is 30.0. The van der Waals surface area contributed by atoms with Crippen LogP contribution in [-0.4, -0.2) is 18.2 Å². The summed E-state index contributed by atoms with van der Waals surface area (Å²) in [5.41, 5.74) is 2.01. The van der Waals surface area contributed by atoms with Gasteiger partial charge in [0.15, 0.2) is 5.82 Å². The molecule has 0 aliphatic carbocycles. The van der Waals surface area contributed by atoms with E-state index < -0.39 is 10.0 Å². The lowest BCUT2D eigenvalue weighted by molar-refractivity contribution is 0.600. The molecular formula is C19H19BrClN3O2S. The lowest BCUT2D eigenvalue weighted by Crippen LogP contribution is -2.14. The minimum atomic E-state index is -3.72. The number of benzene rings is 2. The summed E-state index contributed by atoms with van der Waals surface area (Å²) in [5, 5.41) is 4.96. The van der Waals surface area contributed by atoms with Crippen LogP contribution in [0, 0.1) is 0 Å². The molecule has 0 radical (unpaired) electrons. The van der Waals surface area contributed by atoms with Gasteiger partial charge in [-0.15, -0.1) is 0 Å². The zero-order valence-corrected chi connectivity index (χ0v) is 17.9. The van der Waals surface area contributed by atoms with Crippen LogP contribution < -0.4 is 4.72 Å². The van der Waals surface area contributed by atoms with Crippen LogP contribution in [0.4, 0.5) is 5.82 Å². The van der Waals surface area contributed by atoms with Gasteiger partial charge in [0, 0.05) is 11.2 Å². The highest BCUT2D eigenvalue weighted by atomic mass is 79.9. The molecule has 1 N–H and O–H groups in total. The highest BCUT2D eigenvalue weighted by Gasteiger charge is 2.18. The zero-order valence-electron chi connectivity index (χ0n) is 14.7. The van der Waals surface area contributed by atoms with Crippen LogP contribution in [0.25, 0.3) is 0 Å². The maximum atomic E-state index is 12.6. The van der Waals surface area contributed by atoms with Gasteiger partial charge in [0.1, 0.15) is 0 Å². The van der Waals surface area contributed by atoms with Crippen LogP contribution in [0.1, 0.15) is 24.5 Å². The van der Waals surface area contributed by atoms with Gasteiger partial charge in [-0.05, 0) is 51.7 Å². The number of anilines is 1. The number of aryl methyl sites for hydroxylation is 1. The summed E-state index contributed by atoms with van der Waals surface area (Å²) in [6, 6.07) is 14.4. The van der Waals surface area contributed by atoms with Gasteiger partial charge in [0.2, 0.25) is 0 Å². The van der Waals surface area contributed by atoms with Crippen LogP contribution in [0.5, 0.6) is 0 Å². The van der Waals surface area contributed by atoms with Gasteiger partial charge in [-0.1, -0.05) is 55.3 Å². The predicted molar refractivity (Wildman–Crippen MR) is 112 cm³/mol. The molecule has 0 aliphatic heterocycles. The minimum absolute atomic E-state index is 0.204. The summed E-state index contributed by atoms with van der Waals surface area (Å²) >= 11 is 9.54. The fourth-order valence-corrected chi connectivity index (χ4v) is 4.42. The molecular weight excluding hydrogens is 450 g/mol. The molecule has 1 heterocycles. The Labute approximate surface area is 172 Å². The molecule has 0 unspecified atom stereocenters. The number of sulfonamides is 1. The first-order chi connectivity index (χ1) is 12.9. The normalized spacial score (nSPS) is 11.5. The van der Waals surface area contributed by atoms with Crippen molar-refractivity contribution >= 4 is 43.4 Å². The van der Waals surface area contributed by atoms with Crippen molar-refractivity contribution in [3.63, 3.8) is 0 Å². The highest BCUT2D eigenvalue weighted by Crippen LogP contribution is 2.25. The van der Waals surface area contributed by atoms with E-state index in [2.05, 4.69) is 32.7 Å². The fraction of sp³-hybridized carbons (Fsp3) is 0.211. The van der Waals surface area contributed by atoms with Crippen LogP contribution in [0.3, 0.4) is 0 Å². The van der Waals surface area contributed by atoms with E-state index in [0.717, 1.165) is 24.0 Å². The van der Waals surface area contributed by atoms with E-state index in [1.165, 1.54) is 0 Å². The molecule has 0 saturated carbocycles. The second-order valence-electron chi connectivity index (χ2n) is 6.11. The van der Waals surface area contributed by atoms with Crippen molar-refractivity contribution in [3.05, 3.63) is 75.4 Å². The Hall–Kier alpha value is -1.83. The van der Waals surface area contributed by atoms with Crippen LogP contribution in [0.15, 0.2) is 64.1 Å². The van der Waals surface area contributed by atoms with Gasteiger partial charge in [-0.25, -0.2) is 8.42 Å². The van der Waals surface area contributed by atoms with Crippen molar-refractivity contribution in [2.24, 2.45) is 0 Å². The molecule has 3 rings (SSSR count). The van der Waals surface area contributed by atoms with Crippen molar-refractivity contribution in [1.82, 2.24) is 9.78 Å². The molecule has 0 aliphatic rings. The average Bonchev–Trinajstić information content (AvgIpc) is 2.96. The summed E-state index contributed by atoms with van der Waals surface area (Å²) in [5.74, 6) is 0.236. The number of halogens is 2. The number of rotatable bonds is 7. The van der Waals surface area contributed by atoms with Crippen molar-refractivity contribution in [2.45, 2.75) is 31.2 Å². The third kappa shape index (κ3) is 4.91. The van der Waals surface area contributed by atoms with E-state index in [-0.39, 0.29) is 10.7 Å². The van der Waals surface area contributed by atoms with E-state index in [1.807, 2.05) is 30.3 Å². The first-order valence-corrected chi connectivity index (χ1v) is 11.1. The van der Waals surface area contributed by atoms with Gasteiger partial charge in [-0.3, -0.25) is 9.40 Å². The number of aromatic nitrogens is 2. The smallest absolute Gasteiger partial charge is 0.263 e. The van der Waals surface area contributed by atoms with Gasteiger partial charge < -0.3 is 0 Å². The molecule has 5 nitrogen and oxygen atoms in total. The number of hydrogen-bond acceptors (Lipinski definition) is 3. The Kier molecular flexibility index (Phi) is 6.24. The van der Waals surface area contributed by atoms with Gasteiger partial charge in [0.05, 0.1) is 15.9 Å². The maximum Gasteiger partial charge on any atom is 0.263 e. The van der Waals surface area contributed by atoms with Crippen LogP contribution >= 0.6 is 27.5 Å². The zero-order chi connectivity index (χ0) is 19.4. The number of hydrogen-bond donors (Lipinski definition) is 1.